The molecule has 25 heavy (non-hydrogen) atoms. The van der Waals surface area contributed by atoms with Crippen LogP contribution in [0.3, 0.4) is 0 Å². The number of carbonyl (C=O) groups excluding carboxylic acids is 2. The van der Waals surface area contributed by atoms with Gasteiger partial charge in [0, 0.05) is 25.1 Å². The summed E-state index contributed by atoms with van der Waals surface area (Å²) in [5, 5.41) is 5.80. The molecule has 2 rings (SSSR count). The van der Waals surface area contributed by atoms with Crippen molar-refractivity contribution in [2.75, 3.05) is 11.9 Å². The average Bonchev–Trinajstić information content (AvgIpc) is 2.65. The topological polar surface area (TPSA) is 58.2 Å². The first-order chi connectivity index (χ1) is 12.2. The number of rotatable bonds is 9. The molecule has 0 aliphatic carbocycles. The average molecular weight is 338 g/mol. The van der Waals surface area contributed by atoms with Gasteiger partial charge in [0.2, 0.25) is 11.8 Å². The molecule has 0 aliphatic heterocycles. The van der Waals surface area contributed by atoms with Crippen molar-refractivity contribution in [1.82, 2.24) is 5.32 Å². The lowest BCUT2D eigenvalue weighted by Crippen LogP contribution is -2.23. The van der Waals surface area contributed by atoms with E-state index in [1.54, 1.807) is 0 Å². The van der Waals surface area contributed by atoms with Gasteiger partial charge in [-0.25, -0.2) is 0 Å². The summed E-state index contributed by atoms with van der Waals surface area (Å²) in [7, 11) is 0. The number of nitrogens with one attached hydrogen (secondary N) is 2. The van der Waals surface area contributed by atoms with Crippen LogP contribution in [-0.2, 0) is 9.59 Å². The fourth-order valence-electron chi connectivity index (χ4n) is 2.57. The zero-order valence-corrected chi connectivity index (χ0v) is 14.8. The predicted octanol–water partition coefficient (Wildman–Crippen LogP) is 4.38. The van der Waals surface area contributed by atoms with Crippen LogP contribution in [0.4, 0.5) is 5.69 Å². The maximum absolute atomic E-state index is 12.1. The van der Waals surface area contributed by atoms with Gasteiger partial charge in [-0.3, -0.25) is 9.59 Å². The SMILES string of the molecule is CCC(=O)NCCCCCC(=O)Nc1cccc(-c2ccccc2)c1. The number of benzene rings is 2. The van der Waals surface area contributed by atoms with Gasteiger partial charge in [-0.2, -0.15) is 0 Å². The normalized spacial score (nSPS) is 10.3. The summed E-state index contributed by atoms with van der Waals surface area (Å²) in [6.45, 7) is 2.53. The van der Waals surface area contributed by atoms with Crippen molar-refractivity contribution in [3.8, 4) is 11.1 Å². The number of hydrogen-bond acceptors (Lipinski definition) is 2. The third-order valence-electron chi connectivity index (χ3n) is 3.98. The van der Waals surface area contributed by atoms with E-state index >= 15 is 0 Å². The van der Waals surface area contributed by atoms with E-state index in [0.29, 0.717) is 19.4 Å². The Morgan fingerprint density at radius 1 is 0.840 bits per heavy atom. The summed E-state index contributed by atoms with van der Waals surface area (Å²) in [5.41, 5.74) is 3.04. The predicted molar refractivity (Wildman–Crippen MR) is 102 cm³/mol. The molecule has 0 aromatic heterocycles. The second-order valence-corrected chi connectivity index (χ2v) is 6.01. The Hall–Kier alpha value is -2.62. The van der Waals surface area contributed by atoms with Crippen LogP contribution in [0.25, 0.3) is 11.1 Å². The van der Waals surface area contributed by atoms with Gasteiger partial charge in [-0.1, -0.05) is 55.8 Å². The molecule has 0 spiro atoms. The molecular formula is C21H26N2O2. The van der Waals surface area contributed by atoms with Crippen LogP contribution < -0.4 is 10.6 Å². The fourth-order valence-corrected chi connectivity index (χ4v) is 2.57. The zero-order valence-electron chi connectivity index (χ0n) is 14.8. The highest BCUT2D eigenvalue weighted by Gasteiger charge is 2.04. The third-order valence-corrected chi connectivity index (χ3v) is 3.98. The molecule has 0 saturated heterocycles. The van der Waals surface area contributed by atoms with Gasteiger partial charge in [0.1, 0.15) is 0 Å². The lowest BCUT2D eigenvalue weighted by atomic mass is 10.1. The Morgan fingerprint density at radius 3 is 2.36 bits per heavy atom. The van der Waals surface area contributed by atoms with Crippen LogP contribution in [0, 0.1) is 0 Å². The van der Waals surface area contributed by atoms with Crippen molar-refractivity contribution in [1.29, 1.82) is 0 Å². The molecule has 0 fully saturated rings. The van der Waals surface area contributed by atoms with Gasteiger partial charge in [0.25, 0.3) is 0 Å². The summed E-state index contributed by atoms with van der Waals surface area (Å²) in [6.07, 6.45) is 3.68. The van der Waals surface area contributed by atoms with E-state index in [1.807, 2.05) is 49.4 Å². The Morgan fingerprint density at radius 2 is 1.60 bits per heavy atom. The largest absolute Gasteiger partial charge is 0.356 e. The summed E-state index contributed by atoms with van der Waals surface area (Å²) in [6, 6.07) is 18.0. The van der Waals surface area contributed by atoms with Gasteiger partial charge < -0.3 is 10.6 Å². The van der Waals surface area contributed by atoms with Gasteiger partial charge in [-0.05, 0) is 36.1 Å². The van der Waals surface area contributed by atoms with Crippen molar-refractivity contribution >= 4 is 17.5 Å². The lowest BCUT2D eigenvalue weighted by Gasteiger charge is -2.08. The first kappa shape index (κ1) is 18.7. The number of hydrogen-bond donors (Lipinski definition) is 2. The van der Waals surface area contributed by atoms with E-state index in [0.717, 1.165) is 36.1 Å². The van der Waals surface area contributed by atoms with E-state index in [1.165, 1.54) is 0 Å². The minimum atomic E-state index is 0.0304. The molecule has 4 nitrogen and oxygen atoms in total. The molecule has 0 atom stereocenters. The number of unbranched alkanes of at least 4 members (excludes halogenated alkanes) is 2. The highest BCUT2D eigenvalue weighted by Crippen LogP contribution is 2.22. The summed E-state index contributed by atoms with van der Waals surface area (Å²) >= 11 is 0. The molecule has 2 amide bonds. The Kier molecular flexibility index (Phi) is 7.70. The van der Waals surface area contributed by atoms with Gasteiger partial charge in [-0.15, -0.1) is 0 Å². The van der Waals surface area contributed by atoms with E-state index in [4.69, 9.17) is 0 Å². The summed E-state index contributed by atoms with van der Waals surface area (Å²) < 4.78 is 0. The first-order valence-electron chi connectivity index (χ1n) is 8.91. The van der Waals surface area contributed by atoms with Crippen LogP contribution in [0.15, 0.2) is 54.6 Å². The molecule has 0 aliphatic rings. The van der Waals surface area contributed by atoms with Crippen LogP contribution in [0.1, 0.15) is 39.0 Å². The molecule has 0 unspecified atom stereocenters. The highest BCUT2D eigenvalue weighted by atomic mass is 16.2. The van der Waals surface area contributed by atoms with Crippen LogP contribution in [0.2, 0.25) is 0 Å². The summed E-state index contributed by atoms with van der Waals surface area (Å²) in [5.74, 6) is 0.110. The standard InChI is InChI=1S/C21H26N2O2/c1-2-20(24)22-15-8-4-7-14-21(25)23-19-13-9-12-18(16-19)17-10-5-3-6-11-17/h3,5-6,9-13,16H,2,4,7-8,14-15H2,1H3,(H,22,24)(H,23,25). The molecule has 132 valence electrons. The molecule has 0 heterocycles. The van der Waals surface area contributed by atoms with Crippen LogP contribution >= 0.6 is 0 Å². The molecule has 0 saturated carbocycles. The maximum atomic E-state index is 12.1. The van der Waals surface area contributed by atoms with Crippen molar-refractivity contribution in [3.63, 3.8) is 0 Å². The van der Waals surface area contributed by atoms with Crippen molar-refractivity contribution < 1.29 is 9.59 Å². The quantitative estimate of drug-likeness (QED) is 0.667. The first-order valence-corrected chi connectivity index (χ1v) is 8.91. The van der Waals surface area contributed by atoms with Crippen LogP contribution in [-0.4, -0.2) is 18.4 Å². The number of anilines is 1. The van der Waals surface area contributed by atoms with Gasteiger partial charge in [0.05, 0.1) is 0 Å². The van der Waals surface area contributed by atoms with Crippen molar-refractivity contribution in [3.05, 3.63) is 54.6 Å². The second-order valence-electron chi connectivity index (χ2n) is 6.01. The Labute approximate surface area is 149 Å². The smallest absolute Gasteiger partial charge is 0.224 e. The highest BCUT2D eigenvalue weighted by molar-refractivity contribution is 5.91. The minimum Gasteiger partial charge on any atom is -0.356 e. The molecular weight excluding hydrogens is 312 g/mol. The van der Waals surface area contributed by atoms with Crippen molar-refractivity contribution in [2.24, 2.45) is 0 Å². The lowest BCUT2D eigenvalue weighted by molar-refractivity contribution is -0.121. The molecule has 0 bridgehead atoms. The Bertz CT molecular complexity index is 683. The van der Waals surface area contributed by atoms with Gasteiger partial charge >= 0.3 is 0 Å². The molecule has 4 heteroatoms. The second kappa shape index (κ2) is 10.3. The molecule has 2 aromatic rings. The van der Waals surface area contributed by atoms with E-state index in [2.05, 4.69) is 22.8 Å². The maximum Gasteiger partial charge on any atom is 0.224 e. The van der Waals surface area contributed by atoms with Gasteiger partial charge in [0.15, 0.2) is 0 Å². The number of amides is 2. The fraction of sp³-hybridized carbons (Fsp3) is 0.333. The molecule has 0 radical (unpaired) electrons. The molecule has 2 N–H and O–H groups in total. The zero-order chi connectivity index (χ0) is 17.9. The number of carbonyl (C=O) groups is 2. The van der Waals surface area contributed by atoms with E-state index in [9.17, 15) is 9.59 Å². The van der Waals surface area contributed by atoms with Crippen molar-refractivity contribution in [2.45, 2.75) is 39.0 Å². The monoisotopic (exact) mass is 338 g/mol. The third kappa shape index (κ3) is 6.79. The van der Waals surface area contributed by atoms with E-state index < -0.39 is 0 Å². The van der Waals surface area contributed by atoms with Crippen LogP contribution in [0.5, 0.6) is 0 Å². The summed E-state index contributed by atoms with van der Waals surface area (Å²) in [4.78, 5) is 23.2. The Balaban J connectivity index is 1.73. The minimum absolute atomic E-state index is 0.0304. The van der Waals surface area contributed by atoms with E-state index in [-0.39, 0.29) is 11.8 Å². The molecule has 2 aromatic carbocycles.